The van der Waals surface area contributed by atoms with Crippen LogP contribution in [0.5, 0.6) is 0 Å². The van der Waals surface area contributed by atoms with Gasteiger partial charge in [-0.2, -0.15) is 5.26 Å². The third-order valence-electron chi connectivity index (χ3n) is 2.46. The van der Waals surface area contributed by atoms with Gasteiger partial charge >= 0.3 is 0 Å². The predicted octanol–water partition coefficient (Wildman–Crippen LogP) is 1.40. The Balaban J connectivity index is 2.98. The van der Waals surface area contributed by atoms with Crippen molar-refractivity contribution < 1.29 is 4.74 Å². The summed E-state index contributed by atoms with van der Waals surface area (Å²) in [5.41, 5.74) is 6.91. The summed E-state index contributed by atoms with van der Waals surface area (Å²) in [4.78, 5) is 6.30. The van der Waals surface area contributed by atoms with E-state index in [1.54, 1.807) is 13.2 Å². The molecule has 92 valence electrons. The molecular weight excluding hydrogens is 216 g/mol. The fourth-order valence-electron chi connectivity index (χ4n) is 1.57. The van der Waals surface area contributed by atoms with Crippen LogP contribution in [-0.4, -0.2) is 31.3 Å². The molecule has 0 aliphatic heterocycles. The molecule has 0 amide bonds. The van der Waals surface area contributed by atoms with Gasteiger partial charge in [-0.05, 0) is 19.9 Å². The van der Waals surface area contributed by atoms with Gasteiger partial charge in [-0.25, -0.2) is 4.98 Å². The standard InChI is InChI=1S/C12H18N4O/c1-9(2)16(4-5-17-3)12-11(14)6-10(7-13)8-15-12/h6,8-9H,4-5,14H2,1-3H3. The molecule has 0 aromatic carbocycles. The normalized spacial score (nSPS) is 10.3. The number of hydrogen-bond acceptors (Lipinski definition) is 5. The lowest BCUT2D eigenvalue weighted by Crippen LogP contribution is -2.35. The Kier molecular flexibility index (Phi) is 4.73. The van der Waals surface area contributed by atoms with Crippen molar-refractivity contribution in [2.24, 2.45) is 0 Å². The fraction of sp³-hybridized carbons (Fsp3) is 0.500. The molecule has 1 aromatic heterocycles. The Bertz CT molecular complexity index is 411. The Morgan fingerprint density at radius 3 is 2.76 bits per heavy atom. The van der Waals surface area contributed by atoms with Crippen LogP contribution in [0.4, 0.5) is 11.5 Å². The van der Waals surface area contributed by atoms with Crippen LogP contribution in [-0.2, 0) is 4.74 Å². The fourth-order valence-corrected chi connectivity index (χ4v) is 1.57. The molecule has 0 aliphatic carbocycles. The lowest BCUT2D eigenvalue weighted by Gasteiger charge is -2.28. The third-order valence-corrected chi connectivity index (χ3v) is 2.46. The molecule has 0 radical (unpaired) electrons. The number of anilines is 2. The molecule has 17 heavy (non-hydrogen) atoms. The Morgan fingerprint density at radius 2 is 2.29 bits per heavy atom. The first kappa shape index (κ1) is 13.3. The molecule has 0 atom stereocenters. The van der Waals surface area contributed by atoms with Gasteiger partial charge in [0.1, 0.15) is 6.07 Å². The van der Waals surface area contributed by atoms with Crippen LogP contribution in [0.3, 0.4) is 0 Å². The van der Waals surface area contributed by atoms with Crippen molar-refractivity contribution in [3.8, 4) is 6.07 Å². The van der Waals surface area contributed by atoms with E-state index < -0.39 is 0 Å². The molecule has 0 unspecified atom stereocenters. The van der Waals surface area contributed by atoms with Crippen molar-refractivity contribution in [2.45, 2.75) is 19.9 Å². The first-order valence-corrected chi connectivity index (χ1v) is 5.51. The topological polar surface area (TPSA) is 75.2 Å². The second-order valence-electron chi connectivity index (χ2n) is 4.03. The molecule has 0 saturated carbocycles. The van der Waals surface area contributed by atoms with E-state index in [9.17, 15) is 0 Å². The van der Waals surface area contributed by atoms with E-state index in [0.29, 0.717) is 23.7 Å². The summed E-state index contributed by atoms with van der Waals surface area (Å²) in [6.07, 6.45) is 1.54. The number of nitrogen functional groups attached to an aromatic ring is 1. The van der Waals surface area contributed by atoms with Crippen LogP contribution in [0, 0.1) is 11.3 Å². The molecule has 5 heteroatoms. The summed E-state index contributed by atoms with van der Waals surface area (Å²) in [5.74, 6) is 0.705. The molecule has 0 aliphatic rings. The smallest absolute Gasteiger partial charge is 0.152 e. The van der Waals surface area contributed by atoms with E-state index in [-0.39, 0.29) is 6.04 Å². The van der Waals surface area contributed by atoms with E-state index in [0.717, 1.165) is 6.54 Å². The minimum atomic E-state index is 0.271. The molecule has 0 saturated heterocycles. The summed E-state index contributed by atoms with van der Waals surface area (Å²) in [6, 6.07) is 3.94. The van der Waals surface area contributed by atoms with Crippen molar-refractivity contribution in [1.29, 1.82) is 5.26 Å². The van der Waals surface area contributed by atoms with E-state index in [2.05, 4.69) is 23.7 Å². The highest BCUT2D eigenvalue weighted by Gasteiger charge is 2.14. The van der Waals surface area contributed by atoms with Gasteiger partial charge < -0.3 is 15.4 Å². The lowest BCUT2D eigenvalue weighted by atomic mass is 10.2. The highest BCUT2D eigenvalue weighted by atomic mass is 16.5. The Hall–Kier alpha value is -1.80. The van der Waals surface area contributed by atoms with Gasteiger partial charge in [0.15, 0.2) is 5.82 Å². The average Bonchev–Trinajstić information content (AvgIpc) is 2.30. The second kappa shape index (κ2) is 6.06. The number of nitrogens with two attached hydrogens (primary N) is 1. The van der Waals surface area contributed by atoms with Gasteiger partial charge in [0.25, 0.3) is 0 Å². The predicted molar refractivity (Wildman–Crippen MR) is 67.7 cm³/mol. The van der Waals surface area contributed by atoms with Crippen molar-refractivity contribution >= 4 is 11.5 Å². The number of ether oxygens (including phenoxy) is 1. The van der Waals surface area contributed by atoms with Gasteiger partial charge in [-0.15, -0.1) is 0 Å². The van der Waals surface area contributed by atoms with Crippen LogP contribution in [0.15, 0.2) is 12.3 Å². The van der Waals surface area contributed by atoms with Gasteiger partial charge in [0.05, 0.1) is 17.9 Å². The summed E-state index contributed by atoms with van der Waals surface area (Å²) >= 11 is 0. The Labute approximate surface area is 102 Å². The van der Waals surface area contributed by atoms with Crippen LogP contribution >= 0.6 is 0 Å². The zero-order chi connectivity index (χ0) is 12.8. The molecular formula is C12H18N4O. The van der Waals surface area contributed by atoms with Crippen LogP contribution in [0.25, 0.3) is 0 Å². The maximum absolute atomic E-state index is 8.76. The maximum Gasteiger partial charge on any atom is 0.152 e. The molecule has 0 fully saturated rings. The van der Waals surface area contributed by atoms with Gasteiger partial charge in [-0.1, -0.05) is 0 Å². The van der Waals surface area contributed by atoms with Gasteiger partial charge in [0, 0.05) is 25.9 Å². The number of rotatable bonds is 5. The summed E-state index contributed by atoms with van der Waals surface area (Å²) in [7, 11) is 1.66. The molecule has 5 nitrogen and oxygen atoms in total. The largest absolute Gasteiger partial charge is 0.396 e. The number of nitrogens with zero attached hydrogens (tertiary/aromatic N) is 3. The van der Waals surface area contributed by atoms with E-state index in [4.69, 9.17) is 15.7 Å². The first-order valence-electron chi connectivity index (χ1n) is 5.51. The van der Waals surface area contributed by atoms with Gasteiger partial charge in [-0.3, -0.25) is 0 Å². The number of pyridine rings is 1. The average molecular weight is 234 g/mol. The highest BCUT2D eigenvalue weighted by molar-refractivity contribution is 5.64. The third kappa shape index (κ3) is 3.33. The van der Waals surface area contributed by atoms with Crippen molar-refractivity contribution in [2.75, 3.05) is 30.9 Å². The monoisotopic (exact) mass is 234 g/mol. The molecule has 1 rings (SSSR count). The molecule has 0 spiro atoms. The minimum absolute atomic E-state index is 0.271. The summed E-state index contributed by atoms with van der Waals surface area (Å²) < 4.78 is 5.07. The minimum Gasteiger partial charge on any atom is -0.396 e. The molecule has 2 N–H and O–H groups in total. The quantitative estimate of drug-likeness (QED) is 0.833. The summed E-state index contributed by atoms with van der Waals surface area (Å²) in [5, 5.41) is 8.76. The highest BCUT2D eigenvalue weighted by Crippen LogP contribution is 2.22. The van der Waals surface area contributed by atoms with E-state index >= 15 is 0 Å². The first-order chi connectivity index (χ1) is 8.10. The van der Waals surface area contributed by atoms with Crippen LogP contribution in [0.1, 0.15) is 19.4 Å². The summed E-state index contributed by atoms with van der Waals surface area (Å²) in [6.45, 7) is 5.46. The van der Waals surface area contributed by atoms with Crippen LogP contribution in [0.2, 0.25) is 0 Å². The van der Waals surface area contributed by atoms with Crippen molar-refractivity contribution in [3.05, 3.63) is 17.8 Å². The zero-order valence-electron chi connectivity index (χ0n) is 10.5. The number of nitriles is 1. The SMILES string of the molecule is COCCN(c1ncc(C#N)cc1N)C(C)C. The van der Waals surface area contributed by atoms with Crippen molar-refractivity contribution in [3.63, 3.8) is 0 Å². The molecule has 1 aromatic rings. The van der Waals surface area contributed by atoms with Crippen LogP contribution < -0.4 is 10.6 Å². The van der Waals surface area contributed by atoms with Gasteiger partial charge in [0.2, 0.25) is 0 Å². The molecule has 1 heterocycles. The molecule has 0 bridgehead atoms. The lowest BCUT2D eigenvalue weighted by molar-refractivity contribution is 0.203. The zero-order valence-corrected chi connectivity index (χ0v) is 10.5. The van der Waals surface area contributed by atoms with E-state index in [1.807, 2.05) is 6.07 Å². The number of hydrogen-bond donors (Lipinski definition) is 1. The number of aromatic nitrogens is 1. The Morgan fingerprint density at radius 1 is 1.59 bits per heavy atom. The van der Waals surface area contributed by atoms with Crippen molar-refractivity contribution in [1.82, 2.24) is 4.98 Å². The van der Waals surface area contributed by atoms with E-state index in [1.165, 1.54) is 6.20 Å². The second-order valence-corrected chi connectivity index (χ2v) is 4.03. The maximum atomic E-state index is 8.76. The number of methoxy groups -OCH3 is 1.